The van der Waals surface area contributed by atoms with Crippen molar-refractivity contribution in [3.8, 4) is 0 Å². The maximum atomic E-state index is 13.0. The van der Waals surface area contributed by atoms with Gasteiger partial charge >= 0.3 is 0 Å². The van der Waals surface area contributed by atoms with E-state index in [0.29, 0.717) is 11.3 Å². The molecule has 0 N–H and O–H groups in total. The summed E-state index contributed by atoms with van der Waals surface area (Å²) in [6, 6.07) is 4.03. The Morgan fingerprint density at radius 1 is 1.20 bits per heavy atom. The van der Waals surface area contributed by atoms with Crippen LogP contribution in [0.2, 0.25) is 0 Å². The Bertz CT molecular complexity index is 402. The SMILES string of the molecule is Cc1ccc(P(=O)(C2CC2)C2CC2)cn1. The van der Waals surface area contributed by atoms with E-state index in [1.54, 1.807) is 0 Å². The average Bonchev–Trinajstić information content (AvgIpc) is 3.07. The third-order valence-corrected chi connectivity index (χ3v) is 7.75. The largest absolute Gasteiger partial charge is 0.318 e. The van der Waals surface area contributed by atoms with Gasteiger partial charge in [-0.25, -0.2) is 0 Å². The lowest BCUT2D eigenvalue weighted by molar-refractivity contribution is 0.579. The average molecular weight is 221 g/mol. The number of rotatable bonds is 3. The molecule has 0 radical (unpaired) electrons. The molecular formula is C12H16NOP. The molecule has 80 valence electrons. The molecule has 0 bridgehead atoms. The topological polar surface area (TPSA) is 30.0 Å². The van der Waals surface area contributed by atoms with Crippen molar-refractivity contribution in [2.75, 3.05) is 0 Å². The lowest BCUT2D eigenvalue weighted by Gasteiger charge is -2.17. The molecule has 2 aliphatic carbocycles. The van der Waals surface area contributed by atoms with Gasteiger partial charge in [0.2, 0.25) is 0 Å². The van der Waals surface area contributed by atoms with Crippen molar-refractivity contribution in [1.82, 2.24) is 4.98 Å². The van der Waals surface area contributed by atoms with Crippen LogP contribution >= 0.6 is 7.14 Å². The molecule has 0 aromatic carbocycles. The highest BCUT2D eigenvalue weighted by atomic mass is 31.2. The van der Waals surface area contributed by atoms with E-state index >= 15 is 0 Å². The maximum absolute atomic E-state index is 13.0. The molecule has 0 aliphatic heterocycles. The van der Waals surface area contributed by atoms with Crippen LogP contribution in [0.1, 0.15) is 31.4 Å². The van der Waals surface area contributed by atoms with Crippen LogP contribution in [0.25, 0.3) is 0 Å². The molecule has 15 heavy (non-hydrogen) atoms. The first-order valence-electron chi connectivity index (χ1n) is 5.74. The lowest BCUT2D eigenvalue weighted by Crippen LogP contribution is -2.13. The second-order valence-electron chi connectivity index (χ2n) is 4.83. The van der Waals surface area contributed by atoms with Gasteiger partial charge < -0.3 is 4.57 Å². The third kappa shape index (κ3) is 1.56. The van der Waals surface area contributed by atoms with Crippen molar-refractivity contribution in [3.63, 3.8) is 0 Å². The minimum absolute atomic E-state index is 0.495. The van der Waals surface area contributed by atoms with Crippen LogP contribution in [0.3, 0.4) is 0 Å². The van der Waals surface area contributed by atoms with E-state index in [1.807, 2.05) is 25.3 Å². The summed E-state index contributed by atoms with van der Waals surface area (Å²) in [5.74, 6) is 0. The van der Waals surface area contributed by atoms with Crippen LogP contribution in [0.4, 0.5) is 0 Å². The summed E-state index contributed by atoms with van der Waals surface area (Å²) in [4.78, 5) is 4.29. The van der Waals surface area contributed by atoms with Crippen LogP contribution in [0, 0.1) is 6.92 Å². The standard InChI is InChI=1S/C12H16NOP/c1-9-2-3-12(8-13-9)15(14,10-4-5-10)11-6-7-11/h2-3,8,10-11H,4-7H2,1H3. The number of hydrogen-bond acceptors (Lipinski definition) is 2. The van der Waals surface area contributed by atoms with Crippen molar-refractivity contribution in [3.05, 3.63) is 24.0 Å². The van der Waals surface area contributed by atoms with Gasteiger partial charge in [-0.3, -0.25) is 4.98 Å². The van der Waals surface area contributed by atoms with Crippen molar-refractivity contribution >= 4 is 12.4 Å². The van der Waals surface area contributed by atoms with Crippen LogP contribution in [-0.4, -0.2) is 16.3 Å². The van der Waals surface area contributed by atoms with Gasteiger partial charge in [0, 0.05) is 28.5 Å². The summed E-state index contributed by atoms with van der Waals surface area (Å²) < 4.78 is 13.0. The minimum Gasteiger partial charge on any atom is -0.318 e. The van der Waals surface area contributed by atoms with Gasteiger partial charge in [0.1, 0.15) is 7.14 Å². The monoisotopic (exact) mass is 221 g/mol. The predicted octanol–water partition coefficient (Wildman–Crippen LogP) is 2.70. The quantitative estimate of drug-likeness (QED) is 0.734. The van der Waals surface area contributed by atoms with E-state index in [9.17, 15) is 4.57 Å². The summed E-state index contributed by atoms with van der Waals surface area (Å²) in [6.07, 6.45) is 6.53. The zero-order valence-electron chi connectivity index (χ0n) is 9.02. The molecule has 2 aliphatic rings. The molecule has 0 spiro atoms. The van der Waals surface area contributed by atoms with Gasteiger partial charge in [-0.2, -0.15) is 0 Å². The summed E-state index contributed by atoms with van der Waals surface area (Å²) in [6.45, 7) is 1.98. The highest BCUT2D eigenvalue weighted by molar-refractivity contribution is 7.73. The Kier molecular flexibility index (Phi) is 2.04. The normalized spacial score (nSPS) is 21.7. The lowest BCUT2D eigenvalue weighted by atomic mass is 10.4. The van der Waals surface area contributed by atoms with Gasteiger partial charge in [-0.15, -0.1) is 0 Å². The van der Waals surface area contributed by atoms with Crippen LogP contribution in [0.5, 0.6) is 0 Å². The number of hydrogen-bond donors (Lipinski definition) is 0. The van der Waals surface area contributed by atoms with Gasteiger partial charge in [-0.1, -0.05) is 0 Å². The highest BCUT2D eigenvalue weighted by Crippen LogP contribution is 2.69. The molecule has 1 heterocycles. The Morgan fingerprint density at radius 2 is 1.80 bits per heavy atom. The Labute approximate surface area is 90.5 Å². The fourth-order valence-corrected chi connectivity index (χ4v) is 6.12. The van der Waals surface area contributed by atoms with Gasteiger partial charge in [0.05, 0.1) is 0 Å². The Hall–Kier alpha value is -0.620. The fourth-order valence-electron chi connectivity index (χ4n) is 2.30. The first kappa shape index (κ1) is 9.59. The summed E-state index contributed by atoms with van der Waals surface area (Å²) in [5, 5.41) is 1.04. The van der Waals surface area contributed by atoms with E-state index in [4.69, 9.17) is 0 Å². The molecule has 0 atom stereocenters. The van der Waals surface area contributed by atoms with Crippen molar-refractivity contribution in [2.24, 2.45) is 0 Å². The van der Waals surface area contributed by atoms with Gasteiger partial charge in [0.15, 0.2) is 0 Å². The smallest absolute Gasteiger partial charge is 0.123 e. The molecule has 2 nitrogen and oxygen atoms in total. The maximum Gasteiger partial charge on any atom is 0.123 e. The molecule has 3 rings (SSSR count). The van der Waals surface area contributed by atoms with Gasteiger partial charge in [-0.05, 0) is 44.7 Å². The van der Waals surface area contributed by atoms with Crippen molar-refractivity contribution in [1.29, 1.82) is 0 Å². The first-order valence-corrected chi connectivity index (χ1v) is 7.58. The number of aryl methyl sites for hydroxylation is 1. The number of nitrogens with zero attached hydrogens (tertiary/aromatic N) is 1. The zero-order chi connectivity index (χ0) is 10.5. The first-order chi connectivity index (χ1) is 7.21. The molecule has 1 aromatic rings. The highest BCUT2D eigenvalue weighted by Gasteiger charge is 2.51. The zero-order valence-corrected chi connectivity index (χ0v) is 9.91. The molecule has 0 unspecified atom stereocenters. The van der Waals surface area contributed by atoms with Crippen molar-refractivity contribution in [2.45, 2.75) is 43.9 Å². The second-order valence-corrected chi connectivity index (χ2v) is 8.23. The second kappa shape index (κ2) is 3.18. The molecule has 3 heteroatoms. The summed E-state index contributed by atoms with van der Waals surface area (Å²) >= 11 is 0. The van der Waals surface area contributed by atoms with Crippen LogP contribution in [0.15, 0.2) is 18.3 Å². The predicted molar refractivity (Wildman–Crippen MR) is 62.3 cm³/mol. The number of pyridine rings is 1. The molecule has 0 amide bonds. The number of aromatic nitrogens is 1. The van der Waals surface area contributed by atoms with E-state index in [-0.39, 0.29) is 0 Å². The Morgan fingerprint density at radius 3 is 2.20 bits per heavy atom. The van der Waals surface area contributed by atoms with Crippen molar-refractivity contribution < 1.29 is 4.57 Å². The molecular weight excluding hydrogens is 205 g/mol. The molecule has 1 aromatic heterocycles. The van der Waals surface area contributed by atoms with E-state index in [2.05, 4.69) is 4.98 Å². The van der Waals surface area contributed by atoms with E-state index in [1.165, 1.54) is 25.7 Å². The van der Waals surface area contributed by atoms with Gasteiger partial charge in [0.25, 0.3) is 0 Å². The molecule has 2 fully saturated rings. The third-order valence-electron chi connectivity index (χ3n) is 3.48. The summed E-state index contributed by atoms with van der Waals surface area (Å²) in [5.41, 5.74) is 2.00. The molecule has 2 saturated carbocycles. The molecule has 0 saturated heterocycles. The van der Waals surface area contributed by atoms with Crippen LogP contribution < -0.4 is 5.30 Å². The van der Waals surface area contributed by atoms with E-state index in [0.717, 1.165) is 11.0 Å². The fraction of sp³-hybridized carbons (Fsp3) is 0.583. The van der Waals surface area contributed by atoms with E-state index < -0.39 is 7.14 Å². The van der Waals surface area contributed by atoms with Crippen LogP contribution in [-0.2, 0) is 4.57 Å². The summed E-state index contributed by atoms with van der Waals surface area (Å²) in [7, 11) is -2.08. The Balaban J connectivity index is 2.01. The minimum atomic E-state index is -2.08.